The Hall–Kier alpha value is -3.73. The van der Waals surface area contributed by atoms with Gasteiger partial charge in [0.25, 0.3) is 5.91 Å². The number of hydrogen-bond acceptors (Lipinski definition) is 8. The molecule has 3 aliphatic rings. The Kier molecular flexibility index (Phi) is 8.72. The van der Waals surface area contributed by atoms with Crippen LogP contribution in [-0.2, 0) is 4.79 Å². The van der Waals surface area contributed by atoms with E-state index in [1.54, 1.807) is 49.6 Å². The number of carbonyl (C=O) groups excluding carboxylic acids is 2. The highest BCUT2D eigenvalue weighted by atomic mass is 19.1. The zero-order valence-electron chi connectivity index (χ0n) is 24.2. The predicted molar refractivity (Wildman–Crippen MR) is 157 cm³/mol. The number of allylic oxidation sites excluding steroid dienone is 1. The highest BCUT2D eigenvalue weighted by Gasteiger charge is 2.38. The van der Waals surface area contributed by atoms with Crippen LogP contribution in [0.25, 0.3) is 0 Å². The van der Waals surface area contributed by atoms with Crippen LogP contribution >= 0.6 is 0 Å². The minimum atomic E-state index is -0.575. The van der Waals surface area contributed by atoms with Crippen molar-refractivity contribution in [1.82, 2.24) is 19.9 Å². The number of hydrazine groups is 1. The van der Waals surface area contributed by atoms with E-state index in [1.165, 1.54) is 4.90 Å². The normalized spacial score (nSPS) is 20.5. The fourth-order valence-electron chi connectivity index (χ4n) is 6.18. The fraction of sp³-hybridized carbons (Fsp3) is 0.533. The van der Waals surface area contributed by atoms with Crippen molar-refractivity contribution in [2.75, 3.05) is 56.1 Å². The van der Waals surface area contributed by atoms with Crippen LogP contribution in [0.1, 0.15) is 55.3 Å². The number of aromatic nitrogens is 2. The van der Waals surface area contributed by atoms with E-state index < -0.39 is 11.7 Å². The molecule has 1 aromatic heterocycles. The molecule has 1 saturated carbocycles. The highest BCUT2D eigenvalue weighted by Crippen LogP contribution is 2.38. The Balaban J connectivity index is 1.50. The number of fused-ring (bicyclic) bond motifs is 1. The van der Waals surface area contributed by atoms with Crippen molar-refractivity contribution in [3.63, 3.8) is 0 Å². The Morgan fingerprint density at radius 3 is 2.61 bits per heavy atom. The van der Waals surface area contributed by atoms with Gasteiger partial charge in [0.15, 0.2) is 5.82 Å². The van der Waals surface area contributed by atoms with Crippen LogP contribution in [-0.4, -0.2) is 84.6 Å². The average Bonchev–Trinajstić information content (AvgIpc) is 3.49. The number of ether oxygens (including phenoxy) is 1. The largest absolute Gasteiger partial charge is 0.497 e. The third kappa shape index (κ3) is 6.29. The number of nitrogens with one attached hydrogen (secondary N) is 1. The van der Waals surface area contributed by atoms with Gasteiger partial charge in [-0.15, -0.1) is 0 Å². The molecule has 11 heteroatoms. The Morgan fingerprint density at radius 2 is 1.93 bits per heavy atom. The molecule has 1 unspecified atom stereocenters. The molecule has 2 aliphatic heterocycles. The third-order valence-electron chi connectivity index (χ3n) is 8.52. The number of likely N-dealkylation sites (tertiary alicyclic amines) is 1. The number of anilines is 3. The fourth-order valence-corrected chi connectivity index (χ4v) is 6.18. The van der Waals surface area contributed by atoms with Crippen LogP contribution in [0, 0.1) is 5.92 Å². The van der Waals surface area contributed by atoms with Gasteiger partial charge in [0.05, 0.1) is 31.1 Å². The molecular weight excluding hydrogens is 525 g/mol. The molecule has 1 aliphatic carbocycles. The van der Waals surface area contributed by atoms with E-state index in [-0.39, 0.29) is 36.3 Å². The quantitative estimate of drug-likeness (QED) is 0.475. The molecule has 220 valence electrons. The van der Waals surface area contributed by atoms with Gasteiger partial charge in [0.1, 0.15) is 11.4 Å². The van der Waals surface area contributed by atoms with Crippen molar-refractivity contribution in [3.05, 3.63) is 48.4 Å². The SMILES string of the molecule is C=C(F)CC1CN(C2CCCC2)c2nc(NN(C(=O)c3cccc(OC)c3)C3CCN(C)CC3)ncc2N(C)C1=O. The summed E-state index contributed by atoms with van der Waals surface area (Å²) in [5.74, 6) is 0.0345. The second kappa shape index (κ2) is 12.4. The predicted octanol–water partition coefficient (Wildman–Crippen LogP) is 4.26. The van der Waals surface area contributed by atoms with Crippen LogP contribution in [0.2, 0.25) is 0 Å². The lowest BCUT2D eigenvalue weighted by molar-refractivity contribution is -0.121. The topological polar surface area (TPSA) is 94.1 Å². The van der Waals surface area contributed by atoms with Gasteiger partial charge in [-0.3, -0.25) is 15.0 Å². The van der Waals surface area contributed by atoms with E-state index in [2.05, 4.69) is 33.8 Å². The first-order chi connectivity index (χ1) is 19.7. The number of hydrogen-bond donors (Lipinski definition) is 1. The van der Waals surface area contributed by atoms with Gasteiger partial charge in [-0.05, 0) is 64.0 Å². The first-order valence-electron chi connectivity index (χ1n) is 14.4. The summed E-state index contributed by atoms with van der Waals surface area (Å²) >= 11 is 0. The molecule has 41 heavy (non-hydrogen) atoms. The second-order valence-electron chi connectivity index (χ2n) is 11.4. The van der Waals surface area contributed by atoms with Gasteiger partial charge in [-0.1, -0.05) is 25.5 Å². The van der Waals surface area contributed by atoms with Crippen LogP contribution in [0.15, 0.2) is 42.9 Å². The maximum absolute atomic E-state index is 14.0. The summed E-state index contributed by atoms with van der Waals surface area (Å²) in [7, 11) is 5.33. The molecule has 0 bridgehead atoms. The number of rotatable bonds is 8. The lowest BCUT2D eigenvalue weighted by atomic mass is 10.0. The molecule has 5 rings (SSSR count). The number of benzene rings is 1. The number of halogens is 1. The van der Waals surface area contributed by atoms with Gasteiger partial charge in [0.2, 0.25) is 11.9 Å². The summed E-state index contributed by atoms with van der Waals surface area (Å²) in [5, 5.41) is 1.64. The molecular formula is C30H40FN7O3. The summed E-state index contributed by atoms with van der Waals surface area (Å²) in [5.41, 5.74) is 4.32. The molecule has 1 N–H and O–H groups in total. The van der Waals surface area contributed by atoms with Gasteiger partial charge in [-0.25, -0.2) is 14.4 Å². The Labute approximate surface area is 241 Å². The zero-order valence-corrected chi connectivity index (χ0v) is 24.2. The van der Waals surface area contributed by atoms with Crippen molar-refractivity contribution in [3.8, 4) is 5.75 Å². The minimum Gasteiger partial charge on any atom is -0.497 e. The first kappa shape index (κ1) is 28.8. The van der Waals surface area contributed by atoms with Crippen LogP contribution in [0.4, 0.5) is 21.8 Å². The molecule has 2 amide bonds. The van der Waals surface area contributed by atoms with Crippen LogP contribution < -0.4 is 20.0 Å². The number of piperidine rings is 1. The molecule has 10 nitrogen and oxygen atoms in total. The first-order valence-corrected chi connectivity index (χ1v) is 14.4. The van der Waals surface area contributed by atoms with Gasteiger partial charge in [0, 0.05) is 31.6 Å². The maximum Gasteiger partial charge on any atom is 0.272 e. The molecule has 1 aromatic carbocycles. The highest BCUT2D eigenvalue weighted by molar-refractivity contribution is 5.99. The van der Waals surface area contributed by atoms with Crippen molar-refractivity contribution >= 4 is 29.3 Å². The maximum atomic E-state index is 14.0. The standard InChI is InChI=1S/C30H40FN7O3/c1-20(31)16-22-19-37(23-9-5-6-10-23)27-26(36(3)28(22)39)18-32-30(33-27)34-38(24-12-14-35(2)15-13-24)29(40)21-8-7-11-25(17-21)41-4/h7-8,11,17-18,22-24H,1,5-6,9-10,12-16,19H2,2-4H3,(H,32,33,34). The van der Waals surface area contributed by atoms with Gasteiger partial charge >= 0.3 is 0 Å². The van der Waals surface area contributed by atoms with Crippen molar-refractivity contribution in [1.29, 1.82) is 0 Å². The number of amides is 2. The van der Waals surface area contributed by atoms with Crippen molar-refractivity contribution < 1.29 is 18.7 Å². The van der Waals surface area contributed by atoms with E-state index in [0.29, 0.717) is 29.4 Å². The Morgan fingerprint density at radius 1 is 1.20 bits per heavy atom. The van der Waals surface area contributed by atoms with Crippen LogP contribution in [0.5, 0.6) is 5.75 Å². The lowest BCUT2D eigenvalue weighted by Gasteiger charge is -2.37. The third-order valence-corrected chi connectivity index (χ3v) is 8.52. The molecule has 0 spiro atoms. The zero-order chi connectivity index (χ0) is 29.1. The van der Waals surface area contributed by atoms with E-state index >= 15 is 0 Å². The molecule has 3 heterocycles. The van der Waals surface area contributed by atoms with Crippen LogP contribution in [0.3, 0.4) is 0 Å². The summed E-state index contributed by atoms with van der Waals surface area (Å²) in [6.07, 6.45) is 7.32. The van der Waals surface area contributed by atoms with E-state index in [9.17, 15) is 14.0 Å². The van der Waals surface area contributed by atoms with Crippen molar-refractivity contribution in [2.45, 2.75) is 57.0 Å². The number of methoxy groups -OCH3 is 1. The molecule has 1 saturated heterocycles. The summed E-state index contributed by atoms with van der Waals surface area (Å²) < 4.78 is 19.3. The minimum absolute atomic E-state index is 0.0299. The van der Waals surface area contributed by atoms with Gasteiger partial charge < -0.3 is 19.4 Å². The van der Waals surface area contributed by atoms with E-state index in [0.717, 1.165) is 51.6 Å². The Bertz CT molecular complexity index is 1280. The number of nitrogens with zero attached hydrogens (tertiary/aromatic N) is 6. The average molecular weight is 566 g/mol. The van der Waals surface area contributed by atoms with Crippen molar-refractivity contribution in [2.24, 2.45) is 5.92 Å². The summed E-state index contributed by atoms with van der Waals surface area (Å²) in [4.78, 5) is 42.6. The monoisotopic (exact) mass is 565 g/mol. The smallest absolute Gasteiger partial charge is 0.272 e. The molecule has 2 fully saturated rings. The molecule has 0 radical (unpaired) electrons. The number of carbonyl (C=O) groups is 2. The second-order valence-corrected chi connectivity index (χ2v) is 11.4. The van der Waals surface area contributed by atoms with E-state index in [1.807, 2.05) is 0 Å². The van der Waals surface area contributed by atoms with Gasteiger partial charge in [-0.2, -0.15) is 4.98 Å². The molecule has 1 atom stereocenters. The lowest BCUT2D eigenvalue weighted by Crippen LogP contribution is -2.49. The van der Waals surface area contributed by atoms with E-state index in [4.69, 9.17) is 9.72 Å². The molecule has 2 aromatic rings. The summed E-state index contributed by atoms with van der Waals surface area (Å²) in [6, 6.07) is 7.23. The summed E-state index contributed by atoms with van der Waals surface area (Å²) in [6.45, 7) is 5.49.